The molecule has 0 bridgehead atoms. The molecular formula is C32H25NOS. The standard InChI is InChI=1S/C32H25NOS/c1-32(2,3)18-19-12-13-22-23-14-15-33-29(31(23)35-27(22)16-19)25-17-20-8-4-5-9-21(20)28-24-10-6-7-11-26(24)34-30(25)28/h4-17H,18H2,1-3H3. The number of benzene rings is 4. The largest absolute Gasteiger partial charge is 0.455 e. The van der Waals surface area contributed by atoms with E-state index >= 15 is 0 Å². The van der Waals surface area contributed by atoms with Crippen molar-refractivity contribution in [2.45, 2.75) is 27.2 Å². The number of thiophene rings is 1. The molecule has 0 spiro atoms. The van der Waals surface area contributed by atoms with Crippen molar-refractivity contribution < 1.29 is 4.42 Å². The van der Waals surface area contributed by atoms with E-state index in [2.05, 4.69) is 93.6 Å². The van der Waals surface area contributed by atoms with Gasteiger partial charge in [-0.2, -0.15) is 0 Å². The van der Waals surface area contributed by atoms with Crippen LogP contribution >= 0.6 is 11.3 Å². The third-order valence-electron chi connectivity index (χ3n) is 6.81. The minimum Gasteiger partial charge on any atom is -0.455 e. The van der Waals surface area contributed by atoms with Gasteiger partial charge in [0.2, 0.25) is 0 Å². The van der Waals surface area contributed by atoms with Gasteiger partial charge in [-0.05, 0) is 52.4 Å². The van der Waals surface area contributed by atoms with Crippen LogP contribution in [0.5, 0.6) is 0 Å². The number of hydrogen-bond donors (Lipinski definition) is 0. The maximum Gasteiger partial charge on any atom is 0.145 e. The topological polar surface area (TPSA) is 26.0 Å². The van der Waals surface area contributed by atoms with Crippen LogP contribution < -0.4 is 0 Å². The van der Waals surface area contributed by atoms with E-state index in [4.69, 9.17) is 9.40 Å². The van der Waals surface area contributed by atoms with E-state index < -0.39 is 0 Å². The maximum absolute atomic E-state index is 6.51. The molecule has 0 N–H and O–H groups in total. The molecule has 35 heavy (non-hydrogen) atoms. The number of nitrogens with zero attached hydrogens (tertiary/aromatic N) is 1. The van der Waals surface area contributed by atoms with Crippen LogP contribution in [-0.4, -0.2) is 4.98 Å². The fourth-order valence-electron chi connectivity index (χ4n) is 5.41. The highest BCUT2D eigenvalue weighted by Crippen LogP contribution is 2.45. The summed E-state index contributed by atoms with van der Waals surface area (Å²) in [4.78, 5) is 4.93. The maximum atomic E-state index is 6.51. The molecule has 0 aliphatic heterocycles. The van der Waals surface area contributed by atoms with Crippen LogP contribution in [0.2, 0.25) is 0 Å². The van der Waals surface area contributed by atoms with Gasteiger partial charge in [0, 0.05) is 38.0 Å². The third kappa shape index (κ3) is 3.26. The molecule has 0 fully saturated rings. The molecule has 0 saturated heterocycles. The summed E-state index contributed by atoms with van der Waals surface area (Å²) < 4.78 is 9.04. The molecular weight excluding hydrogens is 446 g/mol. The summed E-state index contributed by atoms with van der Waals surface area (Å²) in [7, 11) is 0. The lowest BCUT2D eigenvalue weighted by Gasteiger charge is -2.17. The quantitative estimate of drug-likeness (QED) is 0.251. The van der Waals surface area contributed by atoms with E-state index in [9.17, 15) is 0 Å². The number of furan rings is 1. The van der Waals surface area contributed by atoms with Crippen LogP contribution in [0, 0.1) is 5.41 Å². The van der Waals surface area contributed by atoms with E-state index in [1.807, 2.05) is 23.6 Å². The second-order valence-corrected chi connectivity index (χ2v) is 11.7. The van der Waals surface area contributed by atoms with Gasteiger partial charge in [-0.15, -0.1) is 11.3 Å². The molecule has 4 aromatic carbocycles. The zero-order valence-electron chi connectivity index (χ0n) is 20.1. The molecule has 0 radical (unpaired) electrons. The summed E-state index contributed by atoms with van der Waals surface area (Å²) in [5, 5.41) is 7.29. The number of para-hydroxylation sites is 1. The van der Waals surface area contributed by atoms with Gasteiger partial charge in [-0.3, -0.25) is 4.98 Å². The van der Waals surface area contributed by atoms with Gasteiger partial charge in [0.05, 0.1) is 10.4 Å². The average Bonchev–Trinajstić information content (AvgIpc) is 3.41. The van der Waals surface area contributed by atoms with E-state index in [-0.39, 0.29) is 5.41 Å². The molecule has 0 unspecified atom stereocenters. The predicted molar refractivity (Wildman–Crippen MR) is 151 cm³/mol. The Morgan fingerprint density at radius 1 is 0.800 bits per heavy atom. The van der Waals surface area contributed by atoms with Crippen molar-refractivity contribution in [1.29, 1.82) is 0 Å². The Hall–Kier alpha value is -3.69. The number of fused-ring (bicyclic) bond motifs is 8. The van der Waals surface area contributed by atoms with Crippen LogP contribution in [-0.2, 0) is 6.42 Å². The van der Waals surface area contributed by atoms with E-state index in [1.54, 1.807) is 0 Å². The Morgan fingerprint density at radius 3 is 2.46 bits per heavy atom. The molecule has 0 amide bonds. The monoisotopic (exact) mass is 471 g/mol. The highest BCUT2D eigenvalue weighted by atomic mass is 32.1. The van der Waals surface area contributed by atoms with Crippen molar-refractivity contribution in [3.8, 4) is 11.3 Å². The van der Waals surface area contributed by atoms with Crippen molar-refractivity contribution in [1.82, 2.24) is 4.98 Å². The first-order chi connectivity index (χ1) is 17.0. The molecule has 3 aromatic heterocycles. The first kappa shape index (κ1) is 20.7. The van der Waals surface area contributed by atoms with Crippen molar-refractivity contribution in [2.24, 2.45) is 5.41 Å². The molecule has 2 nitrogen and oxygen atoms in total. The number of rotatable bonds is 2. The molecule has 0 atom stereocenters. The second kappa shape index (κ2) is 7.40. The minimum absolute atomic E-state index is 0.259. The molecule has 3 heteroatoms. The van der Waals surface area contributed by atoms with Crippen LogP contribution in [0.3, 0.4) is 0 Å². The molecule has 7 rings (SSSR count). The number of hydrogen-bond acceptors (Lipinski definition) is 3. The van der Waals surface area contributed by atoms with Crippen molar-refractivity contribution in [3.63, 3.8) is 0 Å². The molecule has 0 saturated carbocycles. The third-order valence-corrected chi connectivity index (χ3v) is 7.99. The Bertz CT molecular complexity index is 1920. The zero-order valence-corrected chi connectivity index (χ0v) is 20.9. The Balaban J connectivity index is 1.55. The van der Waals surface area contributed by atoms with Gasteiger partial charge in [-0.1, -0.05) is 75.4 Å². The van der Waals surface area contributed by atoms with Gasteiger partial charge >= 0.3 is 0 Å². The summed E-state index contributed by atoms with van der Waals surface area (Å²) in [5.74, 6) is 0. The lowest BCUT2D eigenvalue weighted by Crippen LogP contribution is -2.08. The lowest BCUT2D eigenvalue weighted by atomic mass is 9.88. The van der Waals surface area contributed by atoms with Gasteiger partial charge in [0.15, 0.2) is 0 Å². The highest BCUT2D eigenvalue weighted by molar-refractivity contribution is 7.26. The fourth-order valence-corrected chi connectivity index (χ4v) is 6.68. The van der Waals surface area contributed by atoms with Gasteiger partial charge in [-0.25, -0.2) is 0 Å². The van der Waals surface area contributed by atoms with Gasteiger partial charge in [0.25, 0.3) is 0 Å². The van der Waals surface area contributed by atoms with Crippen molar-refractivity contribution >= 4 is 64.2 Å². The van der Waals surface area contributed by atoms with Crippen LogP contribution in [0.25, 0.3) is 64.1 Å². The normalized spacial score (nSPS) is 12.5. The Morgan fingerprint density at radius 2 is 1.60 bits per heavy atom. The van der Waals surface area contributed by atoms with Crippen molar-refractivity contribution in [2.75, 3.05) is 0 Å². The second-order valence-electron chi connectivity index (χ2n) is 10.7. The number of pyridine rings is 1. The Labute approximate surface area is 207 Å². The first-order valence-electron chi connectivity index (χ1n) is 12.1. The fraction of sp³-hybridized carbons (Fsp3) is 0.156. The minimum atomic E-state index is 0.259. The SMILES string of the molecule is CC(C)(C)Cc1ccc2c(c1)sc1c(-c3cc4ccccc4c4c3oc3ccccc34)nccc12. The molecule has 7 aromatic rings. The summed E-state index contributed by atoms with van der Waals surface area (Å²) in [6.07, 6.45) is 3.00. The summed E-state index contributed by atoms with van der Waals surface area (Å²) >= 11 is 1.84. The van der Waals surface area contributed by atoms with Gasteiger partial charge < -0.3 is 4.42 Å². The zero-order chi connectivity index (χ0) is 23.7. The predicted octanol–water partition coefficient (Wildman–Crippen LogP) is 9.76. The van der Waals surface area contributed by atoms with Crippen LogP contribution in [0.1, 0.15) is 26.3 Å². The molecule has 0 aliphatic carbocycles. The Kier molecular flexibility index (Phi) is 4.37. The van der Waals surface area contributed by atoms with E-state index in [0.29, 0.717) is 0 Å². The number of aromatic nitrogens is 1. The summed E-state index contributed by atoms with van der Waals surface area (Å²) in [6, 6.07) is 28.2. The van der Waals surface area contributed by atoms with Gasteiger partial charge in [0.1, 0.15) is 11.2 Å². The lowest BCUT2D eigenvalue weighted by molar-refractivity contribution is 0.411. The molecule has 0 aliphatic rings. The molecule has 3 heterocycles. The van der Waals surface area contributed by atoms with Crippen LogP contribution in [0.15, 0.2) is 89.5 Å². The first-order valence-corrected chi connectivity index (χ1v) is 12.9. The highest BCUT2D eigenvalue weighted by Gasteiger charge is 2.20. The van der Waals surface area contributed by atoms with Crippen molar-refractivity contribution in [3.05, 3.63) is 90.6 Å². The summed E-state index contributed by atoms with van der Waals surface area (Å²) in [6.45, 7) is 6.88. The molecule has 170 valence electrons. The van der Waals surface area contributed by atoms with Crippen LogP contribution in [0.4, 0.5) is 0 Å². The van der Waals surface area contributed by atoms with E-state index in [1.165, 1.54) is 41.9 Å². The van der Waals surface area contributed by atoms with E-state index in [0.717, 1.165) is 34.2 Å². The smallest absolute Gasteiger partial charge is 0.145 e. The summed E-state index contributed by atoms with van der Waals surface area (Å²) in [5.41, 5.74) is 5.52. The average molecular weight is 472 g/mol.